The van der Waals surface area contributed by atoms with Gasteiger partial charge in [0.05, 0.1) is 11.2 Å². The van der Waals surface area contributed by atoms with E-state index in [1.807, 2.05) is 60.6 Å². The number of benzene rings is 1. The first kappa shape index (κ1) is 22.3. The fourth-order valence-corrected chi connectivity index (χ4v) is 4.76. The molecular formula is C24H34BNO5. The zero-order chi connectivity index (χ0) is 22.8. The van der Waals surface area contributed by atoms with Crippen LogP contribution in [0.4, 0.5) is 4.79 Å². The lowest BCUT2D eigenvalue weighted by Crippen LogP contribution is -2.46. The highest BCUT2D eigenvalue weighted by Crippen LogP contribution is 2.46. The molecule has 1 aromatic rings. The van der Waals surface area contributed by atoms with E-state index >= 15 is 0 Å². The Hall–Kier alpha value is -1.86. The molecule has 2 saturated heterocycles. The standard InChI is InChI=1S/C24H34BNO5/c1-21(2,3)29-20(28)26-12-10-24(11-13-26)15-19(27)17-9-8-16(14-18(17)24)25-30-22(4,5)23(6,7)31-25/h8-9,14H,10-13,15H2,1-7H3. The van der Waals surface area contributed by atoms with Crippen molar-refractivity contribution < 1.29 is 23.6 Å². The first-order valence-corrected chi connectivity index (χ1v) is 11.2. The van der Waals surface area contributed by atoms with Crippen LogP contribution < -0.4 is 5.46 Å². The van der Waals surface area contributed by atoms with Crippen molar-refractivity contribution >= 4 is 24.5 Å². The van der Waals surface area contributed by atoms with Crippen LogP contribution >= 0.6 is 0 Å². The molecule has 2 heterocycles. The fourth-order valence-electron chi connectivity index (χ4n) is 4.76. The van der Waals surface area contributed by atoms with E-state index in [0.29, 0.717) is 19.5 Å². The van der Waals surface area contributed by atoms with Gasteiger partial charge in [0.2, 0.25) is 0 Å². The molecule has 0 saturated carbocycles. The van der Waals surface area contributed by atoms with E-state index in [1.165, 1.54) is 0 Å². The molecule has 6 nitrogen and oxygen atoms in total. The third-order valence-corrected chi connectivity index (χ3v) is 7.31. The van der Waals surface area contributed by atoms with E-state index in [1.54, 1.807) is 4.90 Å². The summed E-state index contributed by atoms with van der Waals surface area (Å²) in [6, 6.07) is 5.98. The van der Waals surface area contributed by atoms with Crippen LogP contribution in [0.2, 0.25) is 0 Å². The molecule has 0 N–H and O–H groups in total. The van der Waals surface area contributed by atoms with Gasteiger partial charge in [-0.3, -0.25) is 4.79 Å². The van der Waals surface area contributed by atoms with E-state index in [0.717, 1.165) is 29.4 Å². The molecule has 1 aliphatic carbocycles. The van der Waals surface area contributed by atoms with Crippen LogP contribution in [0.1, 0.15) is 83.7 Å². The SMILES string of the molecule is CC(C)(C)OC(=O)N1CCC2(CC1)CC(=O)c1ccc(B3OC(C)(C)C(C)(C)O3)cc12. The average molecular weight is 427 g/mol. The van der Waals surface area contributed by atoms with Gasteiger partial charge in [-0.2, -0.15) is 0 Å². The lowest BCUT2D eigenvalue weighted by Gasteiger charge is -2.40. The second kappa shape index (κ2) is 7.07. The number of Topliss-reactive ketones (excluding diaryl/α,β-unsaturated/α-hetero) is 1. The number of carbonyl (C=O) groups excluding carboxylic acids is 2. The number of carbonyl (C=O) groups is 2. The molecule has 2 fully saturated rings. The molecule has 4 rings (SSSR count). The number of rotatable bonds is 1. The number of amides is 1. The van der Waals surface area contributed by atoms with Crippen LogP contribution in [-0.4, -0.2) is 53.8 Å². The van der Waals surface area contributed by atoms with Crippen LogP contribution in [-0.2, 0) is 19.5 Å². The summed E-state index contributed by atoms with van der Waals surface area (Å²) >= 11 is 0. The van der Waals surface area contributed by atoms with Gasteiger partial charge in [-0.1, -0.05) is 18.2 Å². The summed E-state index contributed by atoms with van der Waals surface area (Å²) in [5.41, 5.74) is 1.25. The molecule has 1 spiro atoms. The number of fused-ring (bicyclic) bond motifs is 2. The van der Waals surface area contributed by atoms with E-state index in [9.17, 15) is 9.59 Å². The molecule has 0 atom stereocenters. The number of hydrogen-bond acceptors (Lipinski definition) is 5. The molecule has 0 unspecified atom stereocenters. The highest BCUT2D eigenvalue weighted by atomic mass is 16.7. The summed E-state index contributed by atoms with van der Waals surface area (Å²) in [6.07, 6.45) is 1.71. The average Bonchev–Trinajstić information content (AvgIpc) is 3.03. The normalized spacial score (nSPS) is 23.9. The molecule has 2 aliphatic heterocycles. The molecule has 168 valence electrons. The van der Waals surface area contributed by atoms with Crippen molar-refractivity contribution in [2.45, 2.75) is 89.9 Å². The predicted octanol–water partition coefficient (Wildman–Crippen LogP) is 3.84. The molecule has 0 aromatic heterocycles. The van der Waals surface area contributed by atoms with Crippen molar-refractivity contribution in [2.24, 2.45) is 0 Å². The Morgan fingerprint density at radius 3 is 2.19 bits per heavy atom. The molecular weight excluding hydrogens is 393 g/mol. The molecule has 1 amide bonds. The zero-order valence-corrected chi connectivity index (χ0v) is 19.8. The second-order valence-corrected chi connectivity index (χ2v) is 11.2. The van der Waals surface area contributed by atoms with Crippen LogP contribution in [0, 0.1) is 0 Å². The topological polar surface area (TPSA) is 65.1 Å². The van der Waals surface area contributed by atoms with Gasteiger partial charge in [-0.05, 0) is 72.3 Å². The van der Waals surface area contributed by atoms with E-state index < -0.39 is 23.9 Å². The van der Waals surface area contributed by atoms with Gasteiger partial charge in [0.25, 0.3) is 0 Å². The smallest absolute Gasteiger partial charge is 0.444 e. The Morgan fingerprint density at radius 1 is 1.06 bits per heavy atom. The van der Waals surface area contributed by atoms with Crippen LogP contribution in [0.25, 0.3) is 0 Å². The zero-order valence-electron chi connectivity index (χ0n) is 19.8. The monoisotopic (exact) mass is 427 g/mol. The Kier molecular flexibility index (Phi) is 5.10. The maximum Gasteiger partial charge on any atom is 0.494 e. The van der Waals surface area contributed by atoms with E-state index in [-0.39, 0.29) is 17.3 Å². The van der Waals surface area contributed by atoms with Crippen molar-refractivity contribution in [1.29, 1.82) is 0 Å². The van der Waals surface area contributed by atoms with Gasteiger partial charge < -0.3 is 18.9 Å². The van der Waals surface area contributed by atoms with Crippen molar-refractivity contribution in [3.05, 3.63) is 29.3 Å². The maximum atomic E-state index is 12.8. The number of ether oxygens (including phenoxy) is 1. The van der Waals surface area contributed by atoms with Gasteiger partial charge in [-0.15, -0.1) is 0 Å². The quantitative estimate of drug-likeness (QED) is 0.638. The molecule has 1 aromatic carbocycles. The Morgan fingerprint density at radius 2 is 1.65 bits per heavy atom. The van der Waals surface area contributed by atoms with Gasteiger partial charge in [0.1, 0.15) is 5.60 Å². The van der Waals surface area contributed by atoms with E-state index in [4.69, 9.17) is 14.0 Å². The summed E-state index contributed by atoms with van der Waals surface area (Å²) in [5.74, 6) is 0.182. The number of hydrogen-bond donors (Lipinski definition) is 0. The Balaban J connectivity index is 1.56. The van der Waals surface area contributed by atoms with Crippen LogP contribution in [0.15, 0.2) is 18.2 Å². The first-order valence-electron chi connectivity index (χ1n) is 11.2. The summed E-state index contributed by atoms with van der Waals surface area (Å²) in [6.45, 7) is 15.0. The maximum absolute atomic E-state index is 12.8. The first-order chi connectivity index (χ1) is 14.2. The van der Waals surface area contributed by atoms with Gasteiger partial charge in [-0.25, -0.2) is 4.79 Å². The van der Waals surface area contributed by atoms with E-state index in [2.05, 4.69) is 6.07 Å². The predicted molar refractivity (Wildman–Crippen MR) is 120 cm³/mol. The van der Waals surface area contributed by atoms with Crippen molar-refractivity contribution in [3.63, 3.8) is 0 Å². The summed E-state index contributed by atoms with van der Waals surface area (Å²) < 4.78 is 18.0. The molecule has 0 radical (unpaired) electrons. The highest BCUT2D eigenvalue weighted by molar-refractivity contribution is 6.62. The van der Waals surface area contributed by atoms with Gasteiger partial charge >= 0.3 is 13.2 Å². The lowest BCUT2D eigenvalue weighted by molar-refractivity contribution is 0.00578. The largest absolute Gasteiger partial charge is 0.494 e. The van der Waals surface area contributed by atoms with Gasteiger partial charge in [0, 0.05) is 30.5 Å². The minimum Gasteiger partial charge on any atom is -0.444 e. The number of nitrogens with zero attached hydrogens (tertiary/aromatic N) is 1. The third-order valence-electron chi connectivity index (χ3n) is 7.31. The second-order valence-electron chi connectivity index (χ2n) is 11.2. The van der Waals surface area contributed by atoms with Gasteiger partial charge in [0.15, 0.2) is 5.78 Å². The number of likely N-dealkylation sites (tertiary alicyclic amines) is 1. The molecule has 3 aliphatic rings. The lowest BCUT2D eigenvalue weighted by atomic mass is 9.70. The molecule has 7 heteroatoms. The van der Waals surface area contributed by atoms with Crippen molar-refractivity contribution in [2.75, 3.05) is 13.1 Å². The molecule has 0 bridgehead atoms. The number of ketones is 1. The Bertz CT molecular complexity index is 893. The van der Waals surface area contributed by atoms with Crippen molar-refractivity contribution in [1.82, 2.24) is 4.90 Å². The summed E-state index contributed by atoms with van der Waals surface area (Å²) in [4.78, 5) is 27.1. The molecule has 31 heavy (non-hydrogen) atoms. The third kappa shape index (κ3) is 3.91. The van der Waals surface area contributed by atoms with Crippen LogP contribution in [0.5, 0.6) is 0 Å². The fraction of sp³-hybridized carbons (Fsp3) is 0.667. The van der Waals surface area contributed by atoms with Crippen LogP contribution in [0.3, 0.4) is 0 Å². The summed E-state index contributed by atoms with van der Waals surface area (Å²) in [5, 5.41) is 0. The highest BCUT2D eigenvalue weighted by Gasteiger charge is 2.53. The number of piperidine rings is 1. The minimum atomic E-state index is -0.514. The minimum absolute atomic E-state index is 0.182. The van der Waals surface area contributed by atoms with Crippen molar-refractivity contribution in [3.8, 4) is 0 Å². The Labute approximate surface area is 185 Å². The summed E-state index contributed by atoms with van der Waals surface area (Å²) in [7, 11) is -0.454.